The van der Waals surface area contributed by atoms with Crippen molar-refractivity contribution in [2.24, 2.45) is 0 Å². The molecule has 18 heavy (non-hydrogen) atoms. The van der Waals surface area contributed by atoms with Crippen LogP contribution >= 0.6 is 23.4 Å². The molecule has 0 radical (unpaired) electrons. The fourth-order valence-corrected chi connectivity index (χ4v) is 2.57. The summed E-state index contributed by atoms with van der Waals surface area (Å²) in [5, 5.41) is 9.97. The topological polar surface area (TPSA) is 69.5 Å². The molecule has 4 nitrogen and oxygen atoms in total. The van der Waals surface area contributed by atoms with Gasteiger partial charge in [0.15, 0.2) is 5.16 Å². The minimum absolute atomic E-state index is 0.217. The highest BCUT2D eigenvalue weighted by Crippen LogP contribution is 2.29. The predicted molar refractivity (Wildman–Crippen MR) is 69.9 cm³/mol. The van der Waals surface area contributed by atoms with Crippen LogP contribution in [0.4, 0.5) is 0 Å². The van der Waals surface area contributed by atoms with Crippen LogP contribution in [-0.2, 0) is 0 Å². The average Bonchev–Trinajstić information content (AvgIpc) is 2.27. The zero-order valence-corrected chi connectivity index (χ0v) is 11.0. The molecule has 0 saturated carbocycles. The summed E-state index contributed by atoms with van der Waals surface area (Å²) in [5.41, 5.74) is 0.904. The second-order valence-corrected chi connectivity index (χ2v) is 5.01. The lowest BCUT2D eigenvalue weighted by Crippen LogP contribution is -2.07. The van der Waals surface area contributed by atoms with Gasteiger partial charge in [0, 0.05) is 21.7 Å². The third-order valence-electron chi connectivity index (χ3n) is 2.12. The molecule has 2 aromatic rings. The zero-order chi connectivity index (χ0) is 13.1. The van der Waals surface area contributed by atoms with Crippen LogP contribution in [0, 0.1) is 18.3 Å². The average molecular weight is 278 g/mol. The standard InChI is InChI=1S/C12H8ClN3OS/c1-7-4-11(17)16-12(15-7)18-10-5-9(13)3-2-8(10)6-14/h2-5H,1H3,(H,15,16,17). The number of hydrogen-bond donors (Lipinski definition) is 1. The minimum Gasteiger partial charge on any atom is -0.301 e. The van der Waals surface area contributed by atoms with Gasteiger partial charge in [-0.1, -0.05) is 23.4 Å². The summed E-state index contributed by atoms with van der Waals surface area (Å²) in [4.78, 5) is 18.8. The van der Waals surface area contributed by atoms with Crippen molar-refractivity contribution in [1.82, 2.24) is 9.97 Å². The molecule has 0 bridgehead atoms. The molecule has 1 N–H and O–H groups in total. The summed E-state index contributed by atoms with van der Waals surface area (Å²) >= 11 is 7.10. The summed E-state index contributed by atoms with van der Waals surface area (Å²) in [6.07, 6.45) is 0. The number of H-pyrrole nitrogens is 1. The summed E-state index contributed by atoms with van der Waals surface area (Å²) in [6.45, 7) is 1.74. The van der Waals surface area contributed by atoms with Crippen LogP contribution in [0.2, 0.25) is 5.02 Å². The van der Waals surface area contributed by atoms with Gasteiger partial charge in [-0.3, -0.25) is 4.79 Å². The molecule has 1 aromatic heterocycles. The Kier molecular flexibility index (Phi) is 3.70. The van der Waals surface area contributed by atoms with E-state index in [1.807, 2.05) is 0 Å². The Bertz CT molecular complexity index is 690. The Morgan fingerprint density at radius 2 is 2.22 bits per heavy atom. The number of aryl methyl sites for hydroxylation is 1. The second kappa shape index (κ2) is 5.25. The maximum Gasteiger partial charge on any atom is 0.251 e. The van der Waals surface area contributed by atoms with Crippen molar-refractivity contribution in [2.45, 2.75) is 17.0 Å². The maximum atomic E-state index is 11.3. The number of rotatable bonds is 2. The summed E-state index contributed by atoms with van der Waals surface area (Å²) in [6, 6.07) is 8.44. The van der Waals surface area contributed by atoms with Gasteiger partial charge in [-0.2, -0.15) is 5.26 Å². The van der Waals surface area contributed by atoms with Crippen LogP contribution in [0.15, 0.2) is 39.1 Å². The Morgan fingerprint density at radius 1 is 1.44 bits per heavy atom. The SMILES string of the molecule is Cc1cc(=O)[nH]c(Sc2cc(Cl)ccc2C#N)n1. The molecule has 0 aliphatic rings. The molecule has 0 atom stereocenters. The molecular weight excluding hydrogens is 270 g/mol. The molecule has 0 saturated heterocycles. The van der Waals surface area contributed by atoms with Crippen LogP contribution in [0.3, 0.4) is 0 Å². The van der Waals surface area contributed by atoms with Gasteiger partial charge in [-0.25, -0.2) is 4.98 Å². The lowest BCUT2D eigenvalue weighted by atomic mass is 10.2. The van der Waals surface area contributed by atoms with E-state index in [2.05, 4.69) is 16.0 Å². The Balaban J connectivity index is 2.42. The number of benzene rings is 1. The number of nitrogens with zero attached hydrogens (tertiary/aromatic N) is 2. The highest BCUT2D eigenvalue weighted by atomic mass is 35.5. The molecular formula is C12H8ClN3OS. The summed E-state index contributed by atoms with van der Waals surface area (Å²) < 4.78 is 0. The van der Waals surface area contributed by atoms with E-state index in [-0.39, 0.29) is 5.56 Å². The molecule has 1 heterocycles. The van der Waals surface area contributed by atoms with Crippen molar-refractivity contribution in [2.75, 3.05) is 0 Å². The first kappa shape index (κ1) is 12.7. The van der Waals surface area contributed by atoms with Crippen LogP contribution in [0.5, 0.6) is 0 Å². The van der Waals surface area contributed by atoms with Gasteiger partial charge >= 0.3 is 0 Å². The zero-order valence-electron chi connectivity index (χ0n) is 9.40. The van der Waals surface area contributed by atoms with Gasteiger partial charge in [0.25, 0.3) is 5.56 Å². The van der Waals surface area contributed by atoms with Gasteiger partial charge in [-0.15, -0.1) is 0 Å². The van der Waals surface area contributed by atoms with Gasteiger partial charge < -0.3 is 4.98 Å². The first-order chi connectivity index (χ1) is 8.58. The van der Waals surface area contributed by atoms with E-state index in [0.717, 1.165) is 0 Å². The van der Waals surface area contributed by atoms with E-state index in [1.165, 1.54) is 17.8 Å². The molecule has 0 unspecified atom stereocenters. The fraction of sp³-hybridized carbons (Fsp3) is 0.0833. The van der Waals surface area contributed by atoms with E-state index in [1.54, 1.807) is 25.1 Å². The number of nitriles is 1. The van der Waals surface area contributed by atoms with Gasteiger partial charge in [-0.05, 0) is 25.1 Å². The molecule has 2 rings (SSSR count). The van der Waals surface area contributed by atoms with E-state index >= 15 is 0 Å². The number of halogens is 1. The monoisotopic (exact) mass is 277 g/mol. The van der Waals surface area contributed by atoms with Crippen molar-refractivity contribution >= 4 is 23.4 Å². The Hall–Kier alpha value is -1.77. The molecule has 90 valence electrons. The van der Waals surface area contributed by atoms with Crippen LogP contribution < -0.4 is 5.56 Å². The number of aromatic amines is 1. The predicted octanol–water partition coefficient (Wildman–Crippen LogP) is 2.75. The number of aromatic nitrogens is 2. The summed E-state index contributed by atoms with van der Waals surface area (Å²) in [7, 11) is 0. The molecule has 0 amide bonds. The smallest absolute Gasteiger partial charge is 0.251 e. The largest absolute Gasteiger partial charge is 0.301 e. The molecule has 0 spiro atoms. The lowest BCUT2D eigenvalue weighted by molar-refractivity contribution is 0.905. The molecule has 1 aromatic carbocycles. The lowest BCUT2D eigenvalue weighted by Gasteiger charge is -2.04. The number of nitrogens with one attached hydrogen (secondary N) is 1. The van der Waals surface area contributed by atoms with Crippen LogP contribution in [0.1, 0.15) is 11.3 Å². The highest BCUT2D eigenvalue weighted by Gasteiger charge is 2.07. The van der Waals surface area contributed by atoms with Crippen LogP contribution in [-0.4, -0.2) is 9.97 Å². The molecule has 0 fully saturated rings. The Labute approximate surface area is 113 Å². The van der Waals surface area contributed by atoms with Crippen LogP contribution in [0.25, 0.3) is 0 Å². The summed E-state index contributed by atoms with van der Waals surface area (Å²) in [5.74, 6) is 0. The highest BCUT2D eigenvalue weighted by molar-refractivity contribution is 7.99. The molecule has 0 aliphatic carbocycles. The van der Waals surface area contributed by atoms with Gasteiger partial charge in [0.2, 0.25) is 0 Å². The second-order valence-electron chi connectivity index (χ2n) is 3.55. The van der Waals surface area contributed by atoms with Gasteiger partial charge in [0.1, 0.15) is 6.07 Å². The first-order valence-corrected chi connectivity index (χ1v) is 6.23. The first-order valence-electron chi connectivity index (χ1n) is 5.04. The van der Waals surface area contributed by atoms with Gasteiger partial charge in [0.05, 0.1) is 5.56 Å². The number of hydrogen-bond acceptors (Lipinski definition) is 4. The quantitative estimate of drug-likeness (QED) is 0.857. The van der Waals surface area contributed by atoms with E-state index in [9.17, 15) is 4.79 Å². The van der Waals surface area contributed by atoms with E-state index in [4.69, 9.17) is 16.9 Å². The van der Waals surface area contributed by atoms with Crippen molar-refractivity contribution < 1.29 is 0 Å². The third-order valence-corrected chi connectivity index (χ3v) is 3.30. The van der Waals surface area contributed by atoms with Crippen molar-refractivity contribution in [3.8, 4) is 6.07 Å². The molecule has 6 heteroatoms. The molecule has 0 aliphatic heterocycles. The normalized spacial score (nSPS) is 10.1. The Morgan fingerprint density at radius 3 is 2.89 bits per heavy atom. The third kappa shape index (κ3) is 2.92. The van der Waals surface area contributed by atoms with E-state index < -0.39 is 0 Å². The maximum absolute atomic E-state index is 11.3. The van der Waals surface area contributed by atoms with E-state index in [0.29, 0.717) is 26.3 Å². The van der Waals surface area contributed by atoms with Crippen molar-refractivity contribution in [1.29, 1.82) is 5.26 Å². The van der Waals surface area contributed by atoms with Crippen molar-refractivity contribution in [3.63, 3.8) is 0 Å². The van der Waals surface area contributed by atoms with Crippen molar-refractivity contribution in [3.05, 3.63) is 50.9 Å². The fourth-order valence-electron chi connectivity index (χ4n) is 1.38. The minimum atomic E-state index is -0.217.